The van der Waals surface area contributed by atoms with Gasteiger partial charge < -0.3 is 0 Å². The maximum absolute atomic E-state index is 3.83. The molecule has 3 rings (SSSR count). The van der Waals surface area contributed by atoms with Crippen LogP contribution in [0.4, 0.5) is 0 Å². The van der Waals surface area contributed by atoms with Crippen LogP contribution in [-0.4, -0.2) is 4.83 Å². The zero-order valence-corrected chi connectivity index (χ0v) is 10.8. The molecule has 0 heterocycles. The molecule has 0 radical (unpaired) electrons. The van der Waals surface area contributed by atoms with Crippen LogP contribution in [-0.2, 0) is 0 Å². The van der Waals surface area contributed by atoms with Crippen LogP contribution in [0, 0.1) is 5.92 Å². The summed E-state index contributed by atoms with van der Waals surface area (Å²) < 4.78 is 0. The van der Waals surface area contributed by atoms with Crippen LogP contribution in [0.5, 0.6) is 0 Å². The maximum Gasteiger partial charge on any atom is 0.0360 e. The SMILES string of the molecule is CC1=CC2=C(C1)CC1CCCC(Br)C1=C2. The summed E-state index contributed by atoms with van der Waals surface area (Å²) >= 11 is 3.83. The van der Waals surface area contributed by atoms with Crippen molar-refractivity contribution in [2.75, 3.05) is 0 Å². The van der Waals surface area contributed by atoms with Crippen molar-refractivity contribution < 1.29 is 0 Å². The van der Waals surface area contributed by atoms with Gasteiger partial charge in [-0.05, 0) is 44.1 Å². The Morgan fingerprint density at radius 2 is 2.13 bits per heavy atom. The molecule has 0 aromatic heterocycles. The molecule has 80 valence electrons. The van der Waals surface area contributed by atoms with Gasteiger partial charge in [0.2, 0.25) is 0 Å². The van der Waals surface area contributed by atoms with Crippen molar-refractivity contribution in [2.45, 2.75) is 43.9 Å². The zero-order chi connectivity index (χ0) is 10.4. The molecule has 3 aliphatic carbocycles. The third-order valence-corrected chi connectivity index (χ3v) is 4.95. The number of alkyl halides is 1. The number of hydrogen-bond acceptors (Lipinski definition) is 0. The molecule has 0 spiro atoms. The molecule has 2 unspecified atom stereocenters. The predicted molar refractivity (Wildman–Crippen MR) is 68.2 cm³/mol. The van der Waals surface area contributed by atoms with Gasteiger partial charge in [0.1, 0.15) is 0 Å². The van der Waals surface area contributed by atoms with Gasteiger partial charge >= 0.3 is 0 Å². The fourth-order valence-electron chi connectivity index (χ4n) is 3.23. The summed E-state index contributed by atoms with van der Waals surface area (Å²) in [5.41, 5.74) is 6.44. The van der Waals surface area contributed by atoms with Gasteiger partial charge in [0.25, 0.3) is 0 Å². The van der Waals surface area contributed by atoms with E-state index in [1.807, 2.05) is 0 Å². The predicted octanol–water partition coefficient (Wildman–Crippen LogP) is 4.53. The van der Waals surface area contributed by atoms with E-state index in [2.05, 4.69) is 35.0 Å². The number of hydrogen-bond donors (Lipinski definition) is 0. The number of halogens is 1. The molecule has 0 aliphatic heterocycles. The van der Waals surface area contributed by atoms with Crippen molar-refractivity contribution in [1.82, 2.24) is 0 Å². The Morgan fingerprint density at radius 3 is 3.00 bits per heavy atom. The molecule has 0 aromatic carbocycles. The van der Waals surface area contributed by atoms with E-state index in [9.17, 15) is 0 Å². The molecule has 1 heteroatoms. The molecule has 3 aliphatic rings. The lowest BCUT2D eigenvalue weighted by Gasteiger charge is -2.33. The van der Waals surface area contributed by atoms with E-state index in [1.165, 1.54) is 37.7 Å². The van der Waals surface area contributed by atoms with Gasteiger partial charge in [0, 0.05) is 4.83 Å². The van der Waals surface area contributed by atoms with Gasteiger partial charge in [-0.3, -0.25) is 0 Å². The van der Waals surface area contributed by atoms with Gasteiger partial charge in [-0.25, -0.2) is 0 Å². The number of fused-ring (bicyclic) bond motifs is 1. The van der Waals surface area contributed by atoms with E-state index >= 15 is 0 Å². The Balaban J connectivity index is 1.95. The van der Waals surface area contributed by atoms with Crippen molar-refractivity contribution in [1.29, 1.82) is 0 Å². The summed E-state index contributed by atoms with van der Waals surface area (Å²) in [5.74, 6) is 0.848. The second-order valence-electron chi connectivity index (χ2n) is 5.17. The Kier molecular flexibility index (Phi) is 2.39. The number of allylic oxidation sites excluding steroid dienone is 6. The first kappa shape index (κ1) is 9.89. The van der Waals surface area contributed by atoms with E-state index in [1.54, 1.807) is 16.7 Å². The maximum atomic E-state index is 3.83. The first-order valence-corrected chi connectivity index (χ1v) is 6.90. The van der Waals surface area contributed by atoms with Crippen LogP contribution in [0.1, 0.15) is 39.0 Å². The average Bonchev–Trinajstić information content (AvgIpc) is 2.55. The molecule has 2 atom stereocenters. The summed E-state index contributed by atoms with van der Waals surface area (Å²) in [6, 6.07) is 0. The van der Waals surface area contributed by atoms with Gasteiger partial charge in [-0.2, -0.15) is 0 Å². The molecule has 0 saturated heterocycles. The minimum atomic E-state index is 0.652. The third kappa shape index (κ3) is 1.65. The second kappa shape index (κ2) is 3.62. The molecular formula is C14H17Br. The summed E-state index contributed by atoms with van der Waals surface area (Å²) in [6.07, 6.45) is 11.6. The van der Waals surface area contributed by atoms with Crippen LogP contribution in [0.2, 0.25) is 0 Å². The van der Waals surface area contributed by atoms with Gasteiger partial charge in [0.05, 0.1) is 0 Å². The average molecular weight is 265 g/mol. The molecule has 0 bridgehead atoms. The fraction of sp³-hybridized carbons (Fsp3) is 0.571. The van der Waals surface area contributed by atoms with E-state index in [0.29, 0.717) is 4.83 Å². The minimum Gasteiger partial charge on any atom is -0.0842 e. The largest absolute Gasteiger partial charge is 0.0842 e. The number of rotatable bonds is 0. The first-order valence-electron chi connectivity index (χ1n) is 5.99. The van der Waals surface area contributed by atoms with Crippen LogP contribution in [0.25, 0.3) is 0 Å². The summed E-state index contributed by atoms with van der Waals surface area (Å²) in [6.45, 7) is 2.26. The second-order valence-corrected chi connectivity index (χ2v) is 6.28. The monoisotopic (exact) mass is 264 g/mol. The summed E-state index contributed by atoms with van der Waals surface area (Å²) in [5, 5.41) is 0. The lowest BCUT2D eigenvalue weighted by Crippen LogP contribution is -2.22. The highest BCUT2D eigenvalue weighted by Gasteiger charge is 2.31. The molecular weight excluding hydrogens is 248 g/mol. The fourth-order valence-corrected chi connectivity index (χ4v) is 4.06. The van der Waals surface area contributed by atoms with E-state index in [4.69, 9.17) is 0 Å². The topological polar surface area (TPSA) is 0 Å². The Morgan fingerprint density at radius 1 is 1.27 bits per heavy atom. The molecule has 0 amide bonds. The highest BCUT2D eigenvalue weighted by Crippen LogP contribution is 2.45. The van der Waals surface area contributed by atoms with E-state index < -0.39 is 0 Å². The van der Waals surface area contributed by atoms with Crippen LogP contribution in [0.15, 0.2) is 34.4 Å². The van der Waals surface area contributed by atoms with Crippen LogP contribution < -0.4 is 0 Å². The first-order chi connectivity index (χ1) is 7.24. The molecule has 0 nitrogen and oxygen atoms in total. The van der Waals surface area contributed by atoms with Crippen molar-refractivity contribution in [2.24, 2.45) is 5.92 Å². The van der Waals surface area contributed by atoms with Crippen LogP contribution in [0.3, 0.4) is 0 Å². The Bertz CT molecular complexity index is 384. The normalized spacial score (nSPS) is 34.5. The Labute approximate surface area is 100 Å². The lowest BCUT2D eigenvalue weighted by atomic mass is 9.76. The molecule has 15 heavy (non-hydrogen) atoms. The summed E-state index contributed by atoms with van der Waals surface area (Å²) in [4.78, 5) is 0.652. The van der Waals surface area contributed by atoms with Crippen molar-refractivity contribution in [3.8, 4) is 0 Å². The molecule has 0 N–H and O–H groups in total. The van der Waals surface area contributed by atoms with Crippen molar-refractivity contribution in [3.63, 3.8) is 0 Å². The van der Waals surface area contributed by atoms with Crippen LogP contribution >= 0.6 is 15.9 Å². The van der Waals surface area contributed by atoms with Gasteiger partial charge in [0.15, 0.2) is 0 Å². The third-order valence-electron chi connectivity index (χ3n) is 3.96. The highest BCUT2D eigenvalue weighted by atomic mass is 79.9. The van der Waals surface area contributed by atoms with Crippen molar-refractivity contribution >= 4 is 15.9 Å². The van der Waals surface area contributed by atoms with Gasteiger partial charge in [-0.15, -0.1) is 0 Å². The lowest BCUT2D eigenvalue weighted by molar-refractivity contribution is 0.451. The molecule has 0 aromatic rings. The summed E-state index contributed by atoms with van der Waals surface area (Å²) in [7, 11) is 0. The molecule has 1 fully saturated rings. The zero-order valence-electron chi connectivity index (χ0n) is 9.22. The quantitative estimate of drug-likeness (QED) is 0.564. The van der Waals surface area contributed by atoms with E-state index in [0.717, 1.165) is 5.92 Å². The van der Waals surface area contributed by atoms with Gasteiger partial charge in [-0.1, -0.05) is 51.2 Å². The van der Waals surface area contributed by atoms with E-state index in [-0.39, 0.29) is 0 Å². The standard InChI is InChI=1S/C14H17Br/c1-9-5-11-7-10-3-2-4-14(15)13(10)8-12(11)6-9/h6,8,10,14H,2-5,7H2,1H3. The Hall–Kier alpha value is -0.300. The smallest absolute Gasteiger partial charge is 0.0360 e. The molecule has 1 saturated carbocycles. The minimum absolute atomic E-state index is 0.652. The highest BCUT2D eigenvalue weighted by molar-refractivity contribution is 9.09. The van der Waals surface area contributed by atoms with Crippen molar-refractivity contribution in [3.05, 3.63) is 34.4 Å².